The minimum atomic E-state index is -0.974. The first kappa shape index (κ1) is 14.9. The van der Waals surface area contributed by atoms with Gasteiger partial charge in [0.05, 0.1) is 11.4 Å². The highest BCUT2D eigenvalue weighted by atomic mass is 32.2. The monoisotopic (exact) mass is 306 g/mol. The van der Waals surface area contributed by atoms with Crippen LogP contribution in [0.5, 0.6) is 0 Å². The Hall–Kier alpha value is -1.07. The normalized spacial score (nSPS) is 21.4. The summed E-state index contributed by atoms with van der Waals surface area (Å²) in [6.07, 6.45) is 8.22. The van der Waals surface area contributed by atoms with Gasteiger partial charge in [-0.05, 0) is 50.2 Å². The zero-order chi connectivity index (χ0) is 14.9. The maximum absolute atomic E-state index is 12.3. The molecule has 2 heterocycles. The van der Waals surface area contributed by atoms with Gasteiger partial charge in [-0.2, -0.15) is 0 Å². The maximum atomic E-state index is 12.3. The fourth-order valence-corrected chi connectivity index (χ4v) is 4.39. The zero-order valence-corrected chi connectivity index (χ0v) is 13.5. The Morgan fingerprint density at radius 1 is 1.38 bits per heavy atom. The second-order valence-electron chi connectivity index (χ2n) is 6.05. The van der Waals surface area contributed by atoms with Crippen molar-refractivity contribution in [3.05, 3.63) is 23.5 Å². The van der Waals surface area contributed by atoms with Crippen molar-refractivity contribution in [3.8, 4) is 0 Å². The topological polar surface area (TPSA) is 57.5 Å². The second kappa shape index (κ2) is 5.97. The highest BCUT2D eigenvalue weighted by molar-refractivity contribution is 7.91. The molecule has 21 heavy (non-hydrogen) atoms. The summed E-state index contributed by atoms with van der Waals surface area (Å²) in [5.41, 5.74) is 2.70. The van der Waals surface area contributed by atoms with E-state index in [-0.39, 0.29) is 5.60 Å². The molecule has 1 unspecified atom stereocenters. The van der Waals surface area contributed by atoms with Crippen molar-refractivity contribution in [2.24, 2.45) is 5.16 Å². The summed E-state index contributed by atoms with van der Waals surface area (Å²) in [6, 6.07) is 1.99. The van der Waals surface area contributed by atoms with E-state index in [4.69, 9.17) is 4.84 Å². The third-order valence-corrected chi connectivity index (χ3v) is 6.05. The van der Waals surface area contributed by atoms with Gasteiger partial charge in [0.1, 0.15) is 11.4 Å². The molecule has 1 aromatic heterocycles. The summed E-state index contributed by atoms with van der Waals surface area (Å²) in [5, 5.41) is 4.30. The molecule has 3 rings (SSSR count). The summed E-state index contributed by atoms with van der Waals surface area (Å²) >= 11 is -0.974. The summed E-state index contributed by atoms with van der Waals surface area (Å²) in [5.74, 6) is 0.679. The largest absolute Gasteiger partial charge is 0.611 e. The number of oxime groups is 1. The summed E-state index contributed by atoms with van der Waals surface area (Å²) < 4.78 is 12.3. The van der Waals surface area contributed by atoms with E-state index in [9.17, 15) is 4.55 Å². The molecule has 1 saturated carbocycles. The van der Waals surface area contributed by atoms with Crippen LogP contribution in [0.3, 0.4) is 0 Å². The van der Waals surface area contributed by atoms with Crippen LogP contribution in [0.1, 0.15) is 56.7 Å². The van der Waals surface area contributed by atoms with Crippen LogP contribution in [0.25, 0.3) is 0 Å². The van der Waals surface area contributed by atoms with Gasteiger partial charge < -0.3 is 9.39 Å². The van der Waals surface area contributed by atoms with Crippen LogP contribution in [0.2, 0.25) is 0 Å². The van der Waals surface area contributed by atoms with Crippen molar-refractivity contribution in [2.45, 2.75) is 62.9 Å². The van der Waals surface area contributed by atoms with Gasteiger partial charge in [-0.1, -0.05) is 12.1 Å². The molecule has 1 fully saturated rings. The number of aryl methyl sites for hydroxylation is 1. The van der Waals surface area contributed by atoms with Crippen LogP contribution >= 0.6 is 0 Å². The first-order valence-corrected chi connectivity index (χ1v) is 9.06. The highest BCUT2D eigenvalue weighted by Crippen LogP contribution is 2.40. The van der Waals surface area contributed by atoms with E-state index in [0.29, 0.717) is 5.75 Å². The number of hydrogen-bond donors (Lipinski definition) is 0. The van der Waals surface area contributed by atoms with Crippen LogP contribution < -0.4 is 0 Å². The Labute approximate surface area is 129 Å². The molecule has 0 bridgehead atoms. The smallest absolute Gasteiger partial charge is 0.174 e. The van der Waals surface area contributed by atoms with Crippen LogP contribution in [0, 0.1) is 6.92 Å². The lowest BCUT2D eigenvalue weighted by Gasteiger charge is -2.19. The Morgan fingerprint density at radius 2 is 2.14 bits per heavy atom. The Morgan fingerprint density at radius 3 is 2.86 bits per heavy atom. The summed E-state index contributed by atoms with van der Waals surface area (Å²) in [7, 11) is 0. The highest BCUT2D eigenvalue weighted by Gasteiger charge is 2.42. The van der Waals surface area contributed by atoms with E-state index in [1.54, 1.807) is 0 Å². The second-order valence-corrected chi connectivity index (χ2v) is 7.59. The van der Waals surface area contributed by atoms with E-state index in [2.05, 4.69) is 10.1 Å². The summed E-state index contributed by atoms with van der Waals surface area (Å²) in [6.45, 7) is 3.96. The molecule has 4 nitrogen and oxygen atoms in total. The third kappa shape index (κ3) is 2.94. The van der Waals surface area contributed by atoms with Crippen molar-refractivity contribution < 1.29 is 9.39 Å². The van der Waals surface area contributed by atoms with E-state index in [0.717, 1.165) is 47.5 Å². The third-order valence-electron chi connectivity index (χ3n) is 4.36. The molecule has 0 aromatic carbocycles. The molecular weight excluding hydrogens is 284 g/mol. The number of hydrogen-bond acceptors (Lipinski definition) is 4. The molecule has 0 N–H and O–H groups in total. The molecule has 5 heteroatoms. The van der Waals surface area contributed by atoms with Crippen LogP contribution in [0.15, 0.2) is 22.3 Å². The number of pyridine rings is 1. The fraction of sp³-hybridized carbons (Fsp3) is 0.625. The van der Waals surface area contributed by atoms with E-state index >= 15 is 0 Å². The minimum absolute atomic E-state index is 0.0665. The lowest BCUT2D eigenvalue weighted by molar-refractivity contribution is -0.0126. The minimum Gasteiger partial charge on any atom is -0.611 e. The summed E-state index contributed by atoms with van der Waals surface area (Å²) in [4.78, 5) is 11.0. The lowest BCUT2D eigenvalue weighted by atomic mass is 9.93. The SMILES string of the molecule is CCC[S+]([O-])c1cc(C2=NOC3(CCCC3)C2)cnc1C. The molecule has 1 aliphatic carbocycles. The number of aromatic nitrogens is 1. The van der Waals surface area contributed by atoms with Gasteiger partial charge in [0.15, 0.2) is 4.90 Å². The molecule has 0 saturated heterocycles. The van der Waals surface area contributed by atoms with Gasteiger partial charge in [-0.25, -0.2) is 0 Å². The van der Waals surface area contributed by atoms with E-state index < -0.39 is 11.2 Å². The van der Waals surface area contributed by atoms with Crippen molar-refractivity contribution in [2.75, 3.05) is 5.75 Å². The molecule has 2 aliphatic rings. The molecule has 1 aromatic rings. The van der Waals surface area contributed by atoms with Crippen molar-refractivity contribution in [3.63, 3.8) is 0 Å². The Bertz CT molecular complexity index is 553. The molecular formula is C16H22N2O2S. The first-order valence-electron chi connectivity index (χ1n) is 7.74. The molecule has 0 amide bonds. The van der Waals surface area contributed by atoms with Crippen molar-refractivity contribution in [1.29, 1.82) is 0 Å². The predicted molar refractivity (Wildman–Crippen MR) is 84.0 cm³/mol. The maximum Gasteiger partial charge on any atom is 0.174 e. The molecule has 1 spiro atoms. The number of rotatable bonds is 4. The van der Waals surface area contributed by atoms with E-state index in [1.807, 2.05) is 26.1 Å². The molecule has 1 atom stereocenters. The van der Waals surface area contributed by atoms with Crippen molar-refractivity contribution in [1.82, 2.24) is 4.98 Å². The number of nitrogens with zero attached hydrogens (tertiary/aromatic N) is 2. The van der Waals surface area contributed by atoms with Crippen molar-refractivity contribution >= 4 is 16.9 Å². The van der Waals surface area contributed by atoms with Gasteiger partial charge in [0.2, 0.25) is 0 Å². The van der Waals surface area contributed by atoms with Crippen LogP contribution in [0.4, 0.5) is 0 Å². The van der Waals surface area contributed by atoms with E-state index in [1.165, 1.54) is 12.8 Å². The fourth-order valence-electron chi connectivity index (χ4n) is 3.16. The first-order chi connectivity index (χ1) is 10.1. The average Bonchev–Trinajstić information content (AvgIpc) is 3.10. The Kier molecular flexibility index (Phi) is 4.22. The predicted octanol–water partition coefficient (Wildman–Crippen LogP) is 3.34. The lowest BCUT2D eigenvalue weighted by Crippen LogP contribution is -2.24. The quantitative estimate of drug-likeness (QED) is 0.802. The van der Waals surface area contributed by atoms with Gasteiger partial charge in [0, 0.05) is 24.2 Å². The van der Waals surface area contributed by atoms with Gasteiger partial charge in [0.25, 0.3) is 0 Å². The molecule has 1 aliphatic heterocycles. The van der Waals surface area contributed by atoms with Gasteiger partial charge in [-0.3, -0.25) is 4.98 Å². The molecule has 0 radical (unpaired) electrons. The average molecular weight is 306 g/mol. The van der Waals surface area contributed by atoms with Crippen LogP contribution in [-0.4, -0.2) is 26.6 Å². The zero-order valence-electron chi connectivity index (χ0n) is 12.7. The standard InChI is InChI=1S/C16H22N2O2S/c1-3-8-21(19)15-9-13(11-17-12(15)2)14-10-16(20-18-14)6-4-5-7-16/h9,11H,3-8,10H2,1-2H3. The van der Waals surface area contributed by atoms with Crippen LogP contribution in [-0.2, 0) is 16.0 Å². The Balaban J connectivity index is 1.82. The van der Waals surface area contributed by atoms with Gasteiger partial charge >= 0.3 is 0 Å². The van der Waals surface area contributed by atoms with Gasteiger partial charge in [-0.15, -0.1) is 0 Å². The molecule has 114 valence electrons.